The van der Waals surface area contributed by atoms with Crippen LogP contribution in [-0.2, 0) is 22.7 Å². The zero-order valence-electron chi connectivity index (χ0n) is 24.3. The van der Waals surface area contributed by atoms with Crippen LogP contribution in [0.15, 0.2) is 66.7 Å². The van der Waals surface area contributed by atoms with E-state index in [1.807, 2.05) is 62.4 Å². The SMILES string of the molecule is CCOC(=N)c1cccc(COc2ccc(C(=O)NC3CCC(N)CC3)c(OCc3cccc(C(=N)OCC)c3)c2)c1. The van der Waals surface area contributed by atoms with E-state index in [9.17, 15) is 4.79 Å². The fraction of sp³-hybridized carbons (Fsp3) is 0.364. The Hall–Kier alpha value is -4.37. The van der Waals surface area contributed by atoms with Gasteiger partial charge >= 0.3 is 0 Å². The highest BCUT2D eigenvalue weighted by Gasteiger charge is 2.22. The molecule has 1 fully saturated rings. The lowest BCUT2D eigenvalue weighted by molar-refractivity contribution is 0.0921. The number of hydrogen-bond donors (Lipinski definition) is 4. The summed E-state index contributed by atoms with van der Waals surface area (Å²) in [7, 11) is 0. The first-order chi connectivity index (χ1) is 20.4. The molecule has 0 spiro atoms. The normalized spacial score (nSPS) is 16.3. The Morgan fingerprint density at radius 2 is 1.38 bits per heavy atom. The van der Waals surface area contributed by atoms with Crippen molar-refractivity contribution >= 4 is 17.7 Å². The van der Waals surface area contributed by atoms with Gasteiger partial charge in [0.25, 0.3) is 5.91 Å². The molecule has 3 aromatic rings. The van der Waals surface area contributed by atoms with E-state index in [-0.39, 0.29) is 43.0 Å². The molecule has 9 heteroatoms. The molecule has 9 nitrogen and oxygen atoms in total. The molecule has 0 unspecified atom stereocenters. The van der Waals surface area contributed by atoms with Gasteiger partial charge in [-0.2, -0.15) is 0 Å². The van der Waals surface area contributed by atoms with Crippen LogP contribution in [0.4, 0.5) is 0 Å². The number of carbonyl (C=O) groups is 1. The lowest BCUT2D eigenvalue weighted by Gasteiger charge is -2.27. The maximum Gasteiger partial charge on any atom is 0.255 e. The third kappa shape index (κ3) is 8.57. The Kier molecular flexibility index (Phi) is 10.9. The molecule has 4 rings (SSSR count). The number of hydrogen-bond acceptors (Lipinski definition) is 8. The van der Waals surface area contributed by atoms with E-state index >= 15 is 0 Å². The predicted octanol–water partition coefficient (Wildman–Crippen LogP) is 5.57. The second kappa shape index (κ2) is 15.0. The van der Waals surface area contributed by atoms with Crippen LogP contribution < -0.4 is 20.5 Å². The molecule has 1 aliphatic carbocycles. The molecule has 5 N–H and O–H groups in total. The van der Waals surface area contributed by atoms with E-state index in [1.165, 1.54) is 0 Å². The second-order valence-corrected chi connectivity index (χ2v) is 10.2. The highest BCUT2D eigenvalue weighted by Crippen LogP contribution is 2.28. The van der Waals surface area contributed by atoms with Gasteiger partial charge in [0.1, 0.15) is 24.7 Å². The van der Waals surface area contributed by atoms with Crippen molar-refractivity contribution in [2.45, 2.75) is 64.8 Å². The lowest BCUT2D eigenvalue weighted by atomic mass is 9.91. The molecule has 0 aliphatic heterocycles. The molecule has 0 atom stereocenters. The van der Waals surface area contributed by atoms with Crippen molar-refractivity contribution in [3.8, 4) is 11.5 Å². The van der Waals surface area contributed by atoms with E-state index in [0.717, 1.165) is 36.8 Å². The Balaban J connectivity index is 1.51. The standard InChI is InChI=1S/C33H40N4O5/c1-3-39-31(35)24-9-5-7-22(17-24)20-41-28-15-16-29(33(38)37-27-13-11-26(34)12-14-27)30(19-28)42-21-23-8-6-10-25(18-23)32(36)40-4-2/h5-10,15-19,26-27,35-36H,3-4,11-14,20-21,34H2,1-2H3,(H,37,38). The first-order valence-electron chi connectivity index (χ1n) is 14.4. The number of carbonyl (C=O) groups excluding carboxylic acids is 1. The van der Waals surface area contributed by atoms with Gasteiger partial charge in [-0.05, 0) is 87.1 Å². The van der Waals surface area contributed by atoms with Crippen molar-refractivity contribution in [2.24, 2.45) is 5.73 Å². The van der Waals surface area contributed by atoms with E-state index in [0.29, 0.717) is 41.4 Å². The summed E-state index contributed by atoms with van der Waals surface area (Å²) in [4.78, 5) is 13.3. The summed E-state index contributed by atoms with van der Waals surface area (Å²) >= 11 is 0. The largest absolute Gasteiger partial charge is 0.489 e. The van der Waals surface area contributed by atoms with Crippen molar-refractivity contribution in [1.29, 1.82) is 10.8 Å². The molecule has 1 amide bonds. The van der Waals surface area contributed by atoms with Gasteiger partial charge in [-0.15, -0.1) is 0 Å². The van der Waals surface area contributed by atoms with E-state index in [4.69, 9.17) is 35.5 Å². The minimum absolute atomic E-state index is 0.0741. The third-order valence-electron chi connectivity index (χ3n) is 7.06. The molecule has 3 aromatic carbocycles. The van der Waals surface area contributed by atoms with Crippen LogP contribution in [-0.4, -0.2) is 43.0 Å². The second-order valence-electron chi connectivity index (χ2n) is 10.2. The number of nitrogens with one attached hydrogen (secondary N) is 3. The number of rotatable bonds is 12. The monoisotopic (exact) mass is 572 g/mol. The fourth-order valence-electron chi connectivity index (χ4n) is 4.81. The summed E-state index contributed by atoms with van der Waals surface area (Å²) in [5, 5.41) is 19.3. The number of benzene rings is 3. The quantitative estimate of drug-likeness (QED) is 0.165. The maximum atomic E-state index is 13.3. The molecular weight excluding hydrogens is 532 g/mol. The van der Waals surface area contributed by atoms with E-state index < -0.39 is 0 Å². The molecule has 222 valence electrons. The predicted molar refractivity (Wildman–Crippen MR) is 163 cm³/mol. The molecule has 0 saturated heterocycles. The number of nitrogens with two attached hydrogens (primary N) is 1. The Morgan fingerprint density at radius 3 is 1.95 bits per heavy atom. The van der Waals surface area contributed by atoms with Gasteiger partial charge in [-0.25, -0.2) is 0 Å². The summed E-state index contributed by atoms with van der Waals surface area (Å²) < 4.78 is 22.9. The van der Waals surface area contributed by atoms with Crippen LogP contribution in [0, 0.1) is 10.8 Å². The maximum absolute atomic E-state index is 13.3. The molecule has 0 bridgehead atoms. The van der Waals surface area contributed by atoms with Crippen molar-refractivity contribution in [3.63, 3.8) is 0 Å². The topological polar surface area (TPSA) is 140 Å². The van der Waals surface area contributed by atoms with Crippen LogP contribution in [0.5, 0.6) is 11.5 Å². The van der Waals surface area contributed by atoms with Gasteiger partial charge in [0.2, 0.25) is 11.8 Å². The van der Waals surface area contributed by atoms with Gasteiger partial charge < -0.3 is 30.0 Å². The molecule has 0 radical (unpaired) electrons. The summed E-state index contributed by atoms with van der Waals surface area (Å²) in [6.45, 7) is 4.98. The van der Waals surface area contributed by atoms with E-state index in [2.05, 4.69) is 5.32 Å². The van der Waals surface area contributed by atoms with Gasteiger partial charge in [0.05, 0.1) is 18.8 Å². The minimum Gasteiger partial charge on any atom is -0.489 e. The first kappa shape index (κ1) is 30.6. The summed E-state index contributed by atoms with van der Waals surface area (Å²) in [5.41, 5.74) is 9.51. The van der Waals surface area contributed by atoms with Crippen LogP contribution in [0.1, 0.15) is 72.1 Å². The zero-order chi connectivity index (χ0) is 29.9. The zero-order valence-corrected chi connectivity index (χ0v) is 24.3. The van der Waals surface area contributed by atoms with Crippen LogP contribution in [0.3, 0.4) is 0 Å². The molecule has 0 aromatic heterocycles. The fourth-order valence-corrected chi connectivity index (χ4v) is 4.81. The van der Waals surface area contributed by atoms with Gasteiger partial charge in [-0.3, -0.25) is 15.6 Å². The summed E-state index contributed by atoms with van der Waals surface area (Å²) in [5.74, 6) is 0.955. The van der Waals surface area contributed by atoms with Crippen LogP contribution in [0.25, 0.3) is 0 Å². The third-order valence-corrected chi connectivity index (χ3v) is 7.06. The molecule has 0 heterocycles. The van der Waals surface area contributed by atoms with Crippen molar-refractivity contribution in [1.82, 2.24) is 5.32 Å². The lowest BCUT2D eigenvalue weighted by Crippen LogP contribution is -2.40. The van der Waals surface area contributed by atoms with Crippen molar-refractivity contribution in [2.75, 3.05) is 13.2 Å². The Morgan fingerprint density at radius 1 is 0.810 bits per heavy atom. The van der Waals surface area contributed by atoms with Gasteiger partial charge in [0.15, 0.2) is 0 Å². The highest BCUT2D eigenvalue weighted by molar-refractivity contribution is 5.97. The van der Waals surface area contributed by atoms with Crippen molar-refractivity contribution < 1.29 is 23.7 Å². The average molecular weight is 573 g/mol. The van der Waals surface area contributed by atoms with Crippen LogP contribution >= 0.6 is 0 Å². The van der Waals surface area contributed by atoms with E-state index in [1.54, 1.807) is 18.2 Å². The highest BCUT2D eigenvalue weighted by atomic mass is 16.5. The molecule has 42 heavy (non-hydrogen) atoms. The number of ether oxygens (including phenoxy) is 4. The Labute approximate surface area is 247 Å². The molecular formula is C33H40N4O5. The first-order valence-corrected chi connectivity index (χ1v) is 14.4. The number of amides is 1. The van der Waals surface area contributed by atoms with Crippen LogP contribution in [0.2, 0.25) is 0 Å². The van der Waals surface area contributed by atoms with Crippen molar-refractivity contribution in [3.05, 3.63) is 94.5 Å². The molecule has 1 aliphatic rings. The minimum atomic E-state index is -0.203. The summed E-state index contributed by atoms with van der Waals surface area (Å²) in [6.07, 6.45) is 3.48. The average Bonchev–Trinajstić information content (AvgIpc) is 3.00. The van der Waals surface area contributed by atoms with Gasteiger partial charge in [-0.1, -0.05) is 24.3 Å². The Bertz CT molecular complexity index is 1380. The summed E-state index contributed by atoms with van der Waals surface area (Å²) in [6, 6.07) is 20.4. The van der Waals surface area contributed by atoms with Gasteiger partial charge in [0, 0.05) is 29.3 Å². The smallest absolute Gasteiger partial charge is 0.255 e. The molecule has 1 saturated carbocycles.